The first-order valence-corrected chi connectivity index (χ1v) is 6.60. The molecule has 2 aromatic heterocycles. The van der Waals surface area contributed by atoms with Crippen LogP contribution in [0, 0.1) is 12.8 Å². The van der Waals surface area contributed by atoms with Crippen LogP contribution < -0.4 is 5.56 Å². The summed E-state index contributed by atoms with van der Waals surface area (Å²) in [4.78, 5) is 27.8. The van der Waals surface area contributed by atoms with Gasteiger partial charge in [0.1, 0.15) is 12.3 Å². The van der Waals surface area contributed by atoms with Crippen molar-refractivity contribution in [3.05, 3.63) is 46.0 Å². The Kier molecular flexibility index (Phi) is 4.17. The van der Waals surface area contributed by atoms with Crippen LogP contribution in [0.2, 0.25) is 0 Å². The van der Waals surface area contributed by atoms with Gasteiger partial charge in [-0.15, -0.1) is 0 Å². The van der Waals surface area contributed by atoms with Crippen LogP contribution in [-0.2, 0) is 16.1 Å². The number of carbonyl (C=O) groups is 1. The van der Waals surface area contributed by atoms with Gasteiger partial charge in [0.2, 0.25) is 0 Å². The van der Waals surface area contributed by atoms with Gasteiger partial charge in [0.25, 0.3) is 5.56 Å². The van der Waals surface area contributed by atoms with E-state index in [0.717, 1.165) is 5.56 Å². The van der Waals surface area contributed by atoms with Crippen molar-refractivity contribution in [1.82, 2.24) is 9.38 Å². The zero-order chi connectivity index (χ0) is 14.7. The number of rotatable bonds is 4. The smallest absolute Gasteiger partial charge is 0.306 e. The minimum Gasteiger partial charge on any atom is -0.459 e. The van der Waals surface area contributed by atoms with Crippen LogP contribution in [0.1, 0.15) is 31.5 Å². The summed E-state index contributed by atoms with van der Waals surface area (Å²) in [5.74, 6) is -0.0217. The maximum Gasteiger partial charge on any atom is 0.306 e. The number of carbonyl (C=O) groups excluding carboxylic acids is 1. The van der Waals surface area contributed by atoms with Gasteiger partial charge in [-0.05, 0) is 24.5 Å². The van der Waals surface area contributed by atoms with Gasteiger partial charge >= 0.3 is 5.97 Å². The third kappa shape index (κ3) is 3.44. The van der Waals surface area contributed by atoms with Crippen molar-refractivity contribution < 1.29 is 9.53 Å². The van der Waals surface area contributed by atoms with Crippen LogP contribution in [0.3, 0.4) is 0 Å². The van der Waals surface area contributed by atoms with Gasteiger partial charge in [0.05, 0.1) is 5.69 Å². The van der Waals surface area contributed by atoms with Gasteiger partial charge in [-0.25, -0.2) is 4.98 Å². The standard InChI is InChI=1S/C15H18N2O3/c1-10(2)6-15(19)20-9-12-7-14(18)17-8-11(3)4-5-13(17)16-12/h4-5,7-8,10H,6,9H2,1-3H3. The number of esters is 1. The Morgan fingerprint density at radius 3 is 2.85 bits per heavy atom. The van der Waals surface area contributed by atoms with Crippen molar-refractivity contribution in [2.75, 3.05) is 0 Å². The van der Waals surface area contributed by atoms with Gasteiger partial charge in [0, 0.05) is 18.7 Å². The second-order valence-corrected chi connectivity index (χ2v) is 5.28. The summed E-state index contributed by atoms with van der Waals surface area (Å²) in [6.07, 6.45) is 2.10. The predicted octanol–water partition coefficient (Wildman–Crippen LogP) is 2.09. The molecule has 0 spiro atoms. The molecule has 5 nitrogen and oxygen atoms in total. The first kappa shape index (κ1) is 14.2. The van der Waals surface area contributed by atoms with E-state index in [1.165, 1.54) is 10.5 Å². The Hall–Kier alpha value is -2.17. The molecule has 20 heavy (non-hydrogen) atoms. The number of pyridine rings is 1. The lowest BCUT2D eigenvalue weighted by molar-refractivity contribution is -0.145. The minimum atomic E-state index is -0.272. The molecule has 2 rings (SSSR count). The fourth-order valence-corrected chi connectivity index (χ4v) is 1.88. The second kappa shape index (κ2) is 5.86. The molecule has 5 heteroatoms. The maximum absolute atomic E-state index is 12.0. The third-order valence-electron chi connectivity index (χ3n) is 2.82. The molecule has 0 N–H and O–H groups in total. The van der Waals surface area contributed by atoms with Gasteiger partial charge < -0.3 is 4.74 Å². The summed E-state index contributed by atoms with van der Waals surface area (Å²) >= 11 is 0. The highest BCUT2D eigenvalue weighted by Gasteiger charge is 2.08. The maximum atomic E-state index is 12.0. The van der Waals surface area contributed by atoms with E-state index in [1.54, 1.807) is 12.3 Å². The normalized spacial score (nSPS) is 11.0. The number of ether oxygens (including phenoxy) is 1. The Balaban J connectivity index is 2.18. The molecule has 0 aliphatic heterocycles. The second-order valence-electron chi connectivity index (χ2n) is 5.28. The first-order valence-electron chi connectivity index (χ1n) is 6.60. The molecule has 0 radical (unpaired) electrons. The molecule has 0 aliphatic rings. The quantitative estimate of drug-likeness (QED) is 0.801. The molecule has 106 valence electrons. The number of hydrogen-bond acceptors (Lipinski definition) is 4. The summed E-state index contributed by atoms with van der Waals surface area (Å²) in [5, 5.41) is 0. The van der Waals surface area contributed by atoms with Crippen LogP contribution in [-0.4, -0.2) is 15.4 Å². The zero-order valence-corrected chi connectivity index (χ0v) is 11.9. The molecule has 0 aliphatic carbocycles. The Bertz CT molecular complexity index is 689. The molecule has 0 fully saturated rings. The van der Waals surface area contributed by atoms with Gasteiger partial charge in [0.15, 0.2) is 0 Å². The van der Waals surface area contributed by atoms with Crippen molar-refractivity contribution in [2.24, 2.45) is 5.92 Å². The van der Waals surface area contributed by atoms with Crippen molar-refractivity contribution in [1.29, 1.82) is 0 Å². The van der Waals surface area contributed by atoms with Crippen LogP contribution in [0.4, 0.5) is 0 Å². The molecule has 0 aromatic carbocycles. The highest BCUT2D eigenvalue weighted by molar-refractivity contribution is 5.69. The summed E-state index contributed by atoms with van der Waals surface area (Å²) < 4.78 is 6.60. The minimum absolute atomic E-state index is 0.0329. The Morgan fingerprint density at radius 2 is 2.15 bits per heavy atom. The summed E-state index contributed by atoms with van der Waals surface area (Å²) in [5.41, 5.74) is 1.83. The van der Waals surface area contributed by atoms with E-state index in [0.29, 0.717) is 17.8 Å². The highest BCUT2D eigenvalue weighted by Crippen LogP contribution is 2.05. The van der Waals surface area contributed by atoms with Crippen LogP contribution in [0.25, 0.3) is 5.65 Å². The summed E-state index contributed by atoms with van der Waals surface area (Å²) in [6.45, 7) is 5.84. The Labute approximate surface area is 117 Å². The predicted molar refractivity (Wildman–Crippen MR) is 75.5 cm³/mol. The molecular formula is C15H18N2O3. The molecule has 2 aromatic rings. The van der Waals surface area contributed by atoms with Gasteiger partial charge in [-0.2, -0.15) is 0 Å². The van der Waals surface area contributed by atoms with Crippen molar-refractivity contribution in [2.45, 2.75) is 33.8 Å². The molecule has 0 atom stereocenters. The van der Waals surface area contributed by atoms with Crippen molar-refractivity contribution >= 4 is 11.6 Å². The lowest BCUT2D eigenvalue weighted by Crippen LogP contribution is -2.17. The highest BCUT2D eigenvalue weighted by atomic mass is 16.5. The largest absolute Gasteiger partial charge is 0.459 e. The number of aromatic nitrogens is 2. The lowest BCUT2D eigenvalue weighted by Gasteiger charge is -2.07. The van der Waals surface area contributed by atoms with Crippen molar-refractivity contribution in [3.63, 3.8) is 0 Å². The molecule has 0 bridgehead atoms. The van der Waals surface area contributed by atoms with E-state index in [-0.39, 0.29) is 24.1 Å². The number of aryl methyl sites for hydroxylation is 1. The monoisotopic (exact) mass is 274 g/mol. The van der Waals surface area contributed by atoms with E-state index in [4.69, 9.17) is 4.74 Å². The Morgan fingerprint density at radius 1 is 1.40 bits per heavy atom. The molecule has 0 saturated carbocycles. The first-order chi connectivity index (χ1) is 9.45. The zero-order valence-electron chi connectivity index (χ0n) is 11.9. The van der Waals surface area contributed by atoms with Crippen LogP contribution >= 0.6 is 0 Å². The summed E-state index contributed by atoms with van der Waals surface area (Å²) in [6, 6.07) is 5.06. The number of nitrogens with zero attached hydrogens (tertiary/aromatic N) is 2. The molecule has 0 unspecified atom stereocenters. The third-order valence-corrected chi connectivity index (χ3v) is 2.82. The lowest BCUT2D eigenvalue weighted by atomic mass is 10.1. The van der Waals surface area contributed by atoms with Crippen molar-refractivity contribution in [3.8, 4) is 0 Å². The number of fused-ring (bicyclic) bond motifs is 1. The van der Waals surface area contributed by atoms with E-state index in [9.17, 15) is 9.59 Å². The van der Waals surface area contributed by atoms with Crippen LogP contribution in [0.5, 0.6) is 0 Å². The topological polar surface area (TPSA) is 60.7 Å². The number of hydrogen-bond donors (Lipinski definition) is 0. The fourth-order valence-electron chi connectivity index (χ4n) is 1.88. The van der Waals surface area contributed by atoms with Crippen LogP contribution in [0.15, 0.2) is 29.2 Å². The molecule has 2 heterocycles. The molecule has 0 saturated heterocycles. The molecular weight excluding hydrogens is 256 g/mol. The van der Waals surface area contributed by atoms with Gasteiger partial charge in [-0.3, -0.25) is 14.0 Å². The fraction of sp³-hybridized carbons (Fsp3) is 0.400. The van der Waals surface area contributed by atoms with Gasteiger partial charge in [-0.1, -0.05) is 19.9 Å². The SMILES string of the molecule is Cc1ccc2nc(COC(=O)CC(C)C)cc(=O)n2c1. The average molecular weight is 274 g/mol. The van der Waals surface area contributed by atoms with E-state index >= 15 is 0 Å². The van der Waals surface area contributed by atoms with E-state index < -0.39 is 0 Å². The molecule has 0 amide bonds. The van der Waals surface area contributed by atoms with E-state index in [2.05, 4.69) is 4.98 Å². The average Bonchev–Trinajstić information content (AvgIpc) is 2.36. The summed E-state index contributed by atoms with van der Waals surface area (Å²) in [7, 11) is 0. The van der Waals surface area contributed by atoms with E-state index in [1.807, 2.05) is 26.8 Å².